The van der Waals surface area contributed by atoms with Crippen molar-refractivity contribution in [1.82, 2.24) is 9.97 Å². The SMILES string of the molecule is CC(C)(C)c1[nH]c(=O)c(C#N)cc1I.CC(C)(C)c1ccc(C#N)c(=O)[nH]1. The van der Waals surface area contributed by atoms with Crippen molar-refractivity contribution in [2.45, 2.75) is 52.4 Å². The molecule has 0 aliphatic rings. The number of nitriles is 2. The number of hydrogen-bond donors (Lipinski definition) is 2. The highest BCUT2D eigenvalue weighted by molar-refractivity contribution is 14.1. The smallest absolute Gasteiger partial charge is 0.266 e. The number of rotatable bonds is 0. The lowest BCUT2D eigenvalue weighted by molar-refractivity contribution is 0.562. The molecule has 2 N–H and O–H groups in total. The molecule has 0 unspecified atom stereocenters. The predicted molar refractivity (Wildman–Crippen MR) is 114 cm³/mol. The molecule has 0 radical (unpaired) electrons. The van der Waals surface area contributed by atoms with E-state index >= 15 is 0 Å². The van der Waals surface area contributed by atoms with Gasteiger partial charge in [0, 0.05) is 25.8 Å². The number of aromatic nitrogens is 2. The standard InChI is InChI=1S/C10H11IN2O.C10H12N2O/c1-10(2,3)8-7(11)4-6(5-12)9(14)13-8;1-10(2,3)8-5-4-7(6-11)9(13)12-8/h4H,1-3H3,(H,13,14);4-5H,1-3H3,(H,12,13). The van der Waals surface area contributed by atoms with Gasteiger partial charge in [0.1, 0.15) is 23.3 Å². The Kier molecular flexibility index (Phi) is 7.16. The van der Waals surface area contributed by atoms with E-state index in [1.165, 1.54) is 0 Å². The van der Waals surface area contributed by atoms with Gasteiger partial charge in [-0.15, -0.1) is 0 Å². The molecule has 2 aromatic heterocycles. The summed E-state index contributed by atoms with van der Waals surface area (Å²) in [5, 5.41) is 17.2. The number of hydrogen-bond acceptors (Lipinski definition) is 4. The quantitative estimate of drug-likeness (QED) is 0.563. The van der Waals surface area contributed by atoms with Crippen LogP contribution in [0, 0.1) is 26.2 Å². The molecule has 0 spiro atoms. The van der Waals surface area contributed by atoms with Gasteiger partial charge in [0.25, 0.3) is 11.1 Å². The van der Waals surface area contributed by atoms with E-state index in [9.17, 15) is 9.59 Å². The average molecular weight is 478 g/mol. The van der Waals surface area contributed by atoms with Crippen LogP contribution >= 0.6 is 22.6 Å². The minimum absolute atomic E-state index is 0.0901. The van der Waals surface area contributed by atoms with Crippen molar-refractivity contribution in [2.24, 2.45) is 0 Å². The third kappa shape index (κ3) is 6.07. The van der Waals surface area contributed by atoms with Crippen LogP contribution in [0.1, 0.15) is 64.1 Å². The second-order valence-corrected chi connectivity index (χ2v) is 9.24. The molecular weight excluding hydrogens is 455 g/mol. The van der Waals surface area contributed by atoms with Gasteiger partial charge in [-0.2, -0.15) is 10.5 Å². The second kappa shape index (κ2) is 8.53. The number of nitrogens with zero attached hydrogens (tertiary/aromatic N) is 2. The van der Waals surface area contributed by atoms with Gasteiger partial charge in [-0.05, 0) is 40.8 Å². The van der Waals surface area contributed by atoms with E-state index in [2.05, 4.69) is 32.6 Å². The lowest BCUT2D eigenvalue weighted by Crippen LogP contribution is -2.22. The summed E-state index contributed by atoms with van der Waals surface area (Å²) < 4.78 is 0.922. The van der Waals surface area contributed by atoms with Gasteiger partial charge in [0.05, 0.1) is 0 Å². The summed E-state index contributed by atoms with van der Waals surface area (Å²) in [5.41, 5.74) is 1.23. The molecule has 0 saturated carbocycles. The Morgan fingerprint density at radius 3 is 1.78 bits per heavy atom. The fourth-order valence-corrected chi connectivity index (χ4v) is 3.39. The predicted octanol–water partition coefficient (Wildman–Crippen LogP) is 3.69. The van der Waals surface area contributed by atoms with Crippen molar-refractivity contribution >= 4 is 22.6 Å². The lowest BCUT2D eigenvalue weighted by atomic mass is 9.91. The van der Waals surface area contributed by atoms with E-state index in [1.54, 1.807) is 18.2 Å². The van der Waals surface area contributed by atoms with Crippen LogP contribution < -0.4 is 11.1 Å². The van der Waals surface area contributed by atoms with Gasteiger partial charge in [-0.3, -0.25) is 9.59 Å². The van der Waals surface area contributed by atoms with E-state index in [-0.39, 0.29) is 33.1 Å². The zero-order valence-electron chi connectivity index (χ0n) is 16.3. The first-order valence-corrected chi connectivity index (χ1v) is 9.36. The molecule has 142 valence electrons. The van der Waals surface area contributed by atoms with Gasteiger partial charge in [0.2, 0.25) is 0 Å². The molecule has 0 bridgehead atoms. The summed E-state index contributed by atoms with van der Waals surface area (Å²) in [7, 11) is 0. The van der Waals surface area contributed by atoms with E-state index in [1.807, 2.05) is 53.7 Å². The van der Waals surface area contributed by atoms with E-state index in [0.29, 0.717) is 0 Å². The zero-order chi connectivity index (χ0) is 21.0. The Labute approximate surface area is 172 Å². The number of aromatic amines is 2. The largest absolute Gasteiger partial charge is 0.325 e. The monoisotopic (exact) mass is 478 g/mol. The molecule has 2 aromatic rings. The highest BCUT2D eigenvalue weighted by Crippen LogP contribution is 2.24. The van der Waals surface area contributed by atoms with Gasteiger partial charge in [-0.1, -0.05) is 41.5 Å². The minimum Gasteiger partial charge on any atom is -0.325 e. The topological polar surface area (TPSA) is 113 Å². The number of halogens is 1. The molecule has 0 atom stereocenters. The van der Waals surface area contributed by atoms with Crippen molar-refractivity contribution in [3.63, 3.8) is 0 Å². The molecule has 0 aromatic carbocycles. The van der Waals surface area contributed by atoms with Crippen LogP contribution in [0.5, 0.6) is 0 Å². The summed E-state index contributed by atoms with van der Waals surface area (Å²) in [4.78, 5) is 28.1. The summed E-state index contributed by atoms with van der Waals surface area (Å²) in [6.07, 6.45) is 0. The Balaban J connectivity index is 0.000000271. The maximum Gasteiger partial charge on any atom is 0.266 e. The van der Waals surface area contributed by atoms with Gasteiger partial charge >= 0.3 is 0 Å². The van der Waals surface area contributed by atoms with Crippen molar-refractivity contribution in [3.05, 3.63) is 65.0 Å². The molecule has 2 rings (SSSR count). The second-order valence-electron chi connectivity index (χ2n) is 8.07. The van der Waals surface area contributed by atoms with Crippen molar-refractivity contribution in [3.8, 4) is 12.1 Å². The Morgan fingerprint density at radius 2 is 1.37 bits per heavy atom. The molecule has 0 aliphatic heterocycles. The summed E-state index contributed by atoms with van der Waals surface area (Å²) in [6.45, 7) is 12.1. The minimum atomic E-state index is -0.310. The third-order valence-corrected chi connectivity index (χ3v) is 4.55. The Bertz CT molecular complexity index is 1020. The van der Waals surface area contributed by atoms with Gasteiger partial charge < -0.3 is 9.97 Å². The van der Waals surface area contributed by atoms with Crippen molar-refractivity contribution < 1.29 is 0 Å². The fourth-order valence-electron chi connectivity index (χ4n) is 2.13. The molecular formula is C20H23IN4O2. The van der Waals surface area contributed by atoms with Crippen LogP contribution in [0.4, 0.5) is 0 Å². The van der Waals surface area contributed by atoms with Crippen LogP contribution in [0.25, 0.3) is 0 Å². The lowest BCUT2D eigenvalue weighted by Gasteiger charge is -2.19. The number of H-pyrrole nitrogens is 2. The van der Waals surface area contributed by atoms with Crippen LogP contribution in [-0.4, -0.2) is 9.97 Å². The average Bonchev–Trinajstić information content (AvgIpc) is 2.55. The maximum absolute atomic E-state index is 11.4. The molecule has 0 aliphatic carbocycles. The van der Waals surface area contributed by atoms with Crippen molar-refractivity contribution in [1.29, 1.82) is 10.5 Å². The van der Waals surface area contributed by atoms with Crippen LogP contribution in [-0.2, 0) is 10.8 Å². The zero-order valence-corrected chi connectivity index (χ0v) is 18.5. The van der Waals surface area contributed by atoms with E-state index in [0.717, 1.165) is 15.0 Å². The maximum atomic E-state index is 11.4. The Morgan fingerprint density at radius 1 is 0.852 bits per heavy atom. The van der Waals surface area contributed by atoms with Gasteiger partial charge in [0.15, 0.2) is 0 Å². The molecule has 6 nitrogen and oxygen atoms in total. The first kappa shape index (κ1) is 22.7. The van der Waals surface area contributed by atoms with Crippen molar-refractivity contribution in [2.75, 3.05) is 0 Å². The summed E-state index contributed by atoms with van der Waals surface area (Å²) in [6, 6.07) is 8.65. The van der Waals surface area contributed by atoms with E-state index in [4.69, 9.17) is 10.5 Å². The highest BCUT2D eigenvalue weighted by atomic mass is 127. The van der Waals surface area contributed by atoms with Crippen LogP contribution in [0.3, 0.4) is 0 Å². The Hall–Kier alpha value is -2.39. The van der Waals surface area contributed by atoms with E-state index < -0.39 is 0 Å². The third-order valence-electron chi connectivity index (χ3n) is 3.70. The molecule has 27 heavy (non-hydrogen) atoms. The van der Waals surface area contributed by atoms with Crippen LogP contribution in [0.15, 0.2) is 27.8 Å². The summed E-state index contributed by atoms with van der Waals surface area (Å²) in [5.74, 6) is 0. The first-order valence-electron chi connectivity index (χ1n) is 8.28. The number of pyridine rings is 2. The molecule has 0 amide bonds. The first-order chi connectivity index (χ1) is 12.3. The molecule has 7 heteroatoms. The number of nitrogens with one attached hydrogen (secondary N) is 2. The highest BCUT2D eigenvalue weighted by Gasteiger charge is 2.19. The molecule has 0 saturated heterocycles. The van der Waals surface area contributed by atoms with Crippen LogP contribution in [0.2, 0.25) is 0 Å². The van der Waals surface area contributed by atoms with Gasteiger partial charge in [-0.25, -0.2) is 0 Å². The fraction of sp³-hybridized carbons (Fsp3) is 0.400. The molecule has 2 heterocycles. The molecule has 0 fully saturated rings. The summed E-state index contributed by atoms with van der Waals surface area (Å²) >= 11 is 2.13. The normalized spacial score (nSPS) is 11.0.